The minimum absolute atomic E-state index is 0.0508. The maximum absolute atomic E-state index is 5.42. The number of rotatable bonds is 2. The molecule has 0 bridgehead atoms. The molecule has 5 heteroatoms. The SMILES string of the molecule is CC1OC1(C)Cn1[nH]cnc1=S. The molecule has 12 heavy (non-hydrogen) atoms. The molecule has 0 aliphatic carbocycles. The fraction of sp³-hybridized carbons (Fsp3) is 0.714. The van der Waals surface area contributed by atoms with Gasteiger partial charge in [0, 0.05) is 0 Å². The van der Waals surface area contributed by atoms with Gasteiger partial charge in [-0.15, -0.1) is 0 Å². The Labute approximate surface area is 75.5 Å². The number of hydrogen-bond donors (Lipinski definition) is 1. The van der Waals surface area contributed by atoms with Crippen molar-refractivity contribution in [1.29, 1.82) is 0 Å². The summed E-state index contributed by atoms with van der Waals surface area (Å²) in [5.41, 5.74) is -0.0508. The summed E-state index contributed by atoms with van der Waals surface area (Å²) in [5, 5.41) is 2.94. The van der Waals surface area contributed by atoms with Crippen molar-refractivity contribution in [3.05, 3.63) is 11.1 Å². The van der Waals surface area contributed by atoms with Crippen LogP contribution in [0.15, 0.2) is 6.33 Å². The number of nitrogens with one attached hydrogen (secondary N) is 1. The molecule has 1 aromatic rings. The van der Waals surface area contributed by atoms with E-state index in [1.165, 1.54) is 0 Å². The van der Waals surface area contributed by atoms with Crippen LogP contribution >= 0.6 is 12.2 Å². The van der Waals surface area contributed by atoms with E-state index >= 15 is 0 Å². The topological polar surface area (TPSA) is 46.1 Å². The normalized spacial score (nSPS) is 33.7. The van der Waals surface area contributed by atoms with Crippen molar-refractivity contribution in [2.24, 2.45) is 0 Å². The fourth-order valence-electron chi connectivity index (χ4n) is 1.24. The number of ether oxygens (including phenoxy) is 1. The van der Waals surface area contributed by atoms with Gasteiger partial charge in [-0.1, -0.05) is 0 Å². The third-order valence-corrected chi connectivity index (χ3v) is 2.67. The quantitative estimate of drug-likeness (QED) is 0.554. The van der Waals surface area contributed by atoms with Crippen molar-refractivity contribution in [2.45, 2.75) is 32.1 Å². The monoisotopic (exact) mass is 185 g/mol. The van der Waals surface area contributed by atoms with Crippen molar-refractivity contribution in [2.75, 3.05) is 0 Å². The van der Waals surface area contributed by atoms with Gasteiger partial charge in [0.1, 0.15) is 11.9 Å². The van der Waals surface area contributed by atoms with Crippen LogP contribution in [0.25, 0.3) is 0 Å². The van der Waals surface area contributed by atoms with Crippen molar-refractivity contribution in [3.63, 3.8) is 0 Å². The molecule has 1 aromatic heterocycles. The van der Waals surface area contributed by atoms with E-state index in [-0.39, 0.29) is 5.60 Å². The molecule has 2 atom stereocenters. The molecule has 2 rings (SSSR count). The van der Waals surface area contributed by atoms with E-state index in [1.807, 2.05) is 4.68 Å². The zero-order valence-corrected chi connectivity index (χ0v) is 7.89. The maximum Gasteiger partial charge on any atom is 0.215 e. The summed E-state index contributed by atoms with van der Waals surface area (Å²) in [6.07, 6.45) is 1.92. The minimum Gasteiger partial charge on any atom is -0.365 e. The first-order valence-electron chi connectivity index (χ1n) is 3.90. The van der Waals surface area contributed by atoms with E-state index in [4.69, 9.17) is 17.0 Å². The minimum atomic E-state index is -0.0508. The van der Waals surface area contributed by atoms with E-state index in [0.29, 0.717) is 10.9 Å². The summed E-state index contributed by atoms with van der Waals surface area (Å²) in [5.74, 6) is 0. The average Bonchev–Trinajstić information content (AvgIpc) is 2.40. The van der Waals surface area contributed by atoms with Crippen molar-refractivity contribution in [1.82, 2.24) is 14.8 Å². The van der Waals surface area contributed by atoms with E-state index in [9.17, 15) is 0 Å². The molecule has 1 fully saturated rings. The number of nitrogens with zero attached hydrogens (tertiary/aromatic N) is 2. The molecule has 1 N–H and O–H groups in total. The first kappa shape index (κ1) is 7.94. The summed E-state index contributed by atoms with van der Waals surface area (Å²) < 4.78 is 7.82. The van der Waals surface area contributed by atoms with Crippen LogP contribution in [-0.2, 0) is 11.3 Å². The molecule has 2 unspecified atom stereocenters. The number of aromatic nitrogens is 3. The van der Waals surface area contributed by atoms with Gasteiger partial charge in [0.15, 0.2) is 0 Å². The van der Waals surface area contributed by atoms with Crippen LogP contribution in [-0.4, -0.2) is 26.5 Å². The summed E-state index contributed by atoms with van der Waals surface area (Å²) in [7, 11) is 0. The van der Waals surface area contributed by atoms with Gasteiger partial charge in [-0.3, -0.25) is 9.78 Å². The Kier molecular flexibility index (Phi) is 1.59. The lowest BCUT2D eigenvalue weighted by Gasteiger charge is -2.05. The third kappa shape index (κ3) is 1.19. The predicted octanol–water partition coefficient (Wildman–Crippen LogP) is 1.12. The maximum atomic E-state index is 5.42. The van der Waals surface area contributed by atoms with Crippen LogP contribution in [0, 0.1) is 4.77 Å². The number of aromatic amines is 1. The summed E-state index contributed by atoms with van der Waals surface area (Å²) >= 11 is 4.98. The Balaban J connectivity index is 2.15. The smallest absolute Gasteiger partial charge is 0.215 e. The molecule has 4 nitrogen and oxygen atoms in total. The van der Waals surface area contributed by atoms with Gasteiger partial charge >= 0.3 is 0 Å². The zero-order valence-electron chi connectivity index (χ0n) is 7.07. The molecule has 0 saturated carbocycles. The largest absolute Gasteiger partial charge is 0.365 e. The van der Waals surface area contributed by atoms with Crippen molar-refractivity contribution < 1.29 is 4.74 Å². The lowest BCUT2D eigenvalue weighted by molar-refractivity contribution is 0.277. The van der Waals surface area contributed by atoms with E-state index in [2.05, 4.69) is 23.9 Å². The Hall–Kier alpha value is -0.680. The van der Waals surface area contributed by atoms with E-state index in [0.717, 1.165) is 6.54 Å². The molecule has 0 radical (unpaired) electrons. The van der Waals surface area contributed by atoms with Gasteiger partial charge in [0.2, 0.25) is 4.77 Å². The molecule has 0 aromatic carbocycles. The summed E-state index contributed by atoms with van der Waals surface area (Å²) in [6, 6.07) is 0. The van der Waals surface area contributed by atoms with Gasteiger partial charge in [0.25, 0.3) is 0 Å². The Bertz CT molecular complexity index is 344. The Morgan fingerprint density at radius 3 is 3.00 bits per heavy atom. The summed E-state index contributed by atoms with van der Waals surface area (Å²) in [6.45, 7) is 4.88. The van der Waals surface area contributed by atoms with Gasteiger partial charge in [0.05, 0.1) is 12.6 Å². The molecule has 1 aliphatic heterocycles. The lowest BCUT2D eigenvalue weighted by atomic mass is 10.1. The lowest BCUT2D eigenvalue weighted by Crippen LogP contribution is -2.18. The first-order chi connectivity index (χ1) is 5.62. The third-order valence-electron chi connectivity index (χ3n) is 2.34. The highest BCUT2D eigenvalue weighted by Gasteiger charge is 2.49. The Morgan fingerprint density at radius 1 is 1.92 bits per heavy atom. The molecule has 1 saturated heterocycles. The van der Waals surface area contributed by atoms with Crippen LogP contribution in [0.1, 0.15) is 13.8 Å². The van der Waals surface area contributed by atoms with E-state index < -0.39 is 0 Å². The van der Waals surface area contributed by atoms with Crippen LogP contribution in [0.3, 0.4) is 0 Å². The van der Waals surface area contributed by atoms with Crippen LogP contribution in [0.4, 0.5) is 0 Å². The van der Waals surface area contributed by atoms with Crippen LogP contribution in [0.2, 0.25) is 0 Å². The van der Waals surface area contributed by atoms with Gasteiger partial charge in [-0.2, -0.15) is 0 Å². The average molecular weight is 185 g/mol. The molecular weight excluding hydrogens is 174 g/mol. The number of hydrogen-bond acceptors (Lipinski definition) is 3. The van der Waals surface area contributed by atoms with Crippen molar-refractivity contribution in [3.8, 4) is 0 Å². The second kappa shape index (κ2) is 2.40. The summed E-state index contributed by atoms with van der Waals surface area (Å²) in [4.78, 5) is 3.92. The van der Waals surface area contributed by atoms with Gasteiger partial charge < -0.3 is 4.74 Å². The second-order valence-corrected chi connectivity index (χ2v) is 3.69. The van der Waals surface area contributed by atoms with Gasteiger partial charge in [-0.05, 0) is 26.1 Å². The predicted molar refractivity (Wildman–Crippen MR) is 46.4 cm³/mol. The second-order valence-electron chi connectivity index (χ2n) is 3.33. The highest BCUT2D eigenvalue weighted by atomic mass is 32.1. The van der Waals surface area contributed by atoms with Crippen molar-refractivity contribution >= 4 is 12.2 Å². The zero-order chi connectivity index (χ0) is 8.77. The molecule has 0 spiro atoms. The number of H-pyrrole nitrogens is 1. The molecular formula is C7H11N3OS. The first-order valence-corrected chi connectivity index (χ1v) is 4.31. The Morgan fingerprint density at radius 2 is 2.58 bits per heavy atom. The standard InChI is InChI=1S/C7H11N3OS/c1-5-7(2,11-5)3-10-6(12)8-4-9-10/h4-5H,3H2,1-2H3,(H,8,9,12). The highest BCUT2D eigenvalue weighted by Crippen LogP contribution is 2.36. The molecule has 1 aliphatic rings. The molecule has 2 heterocycles. The van der Waals surface area contributed by atoms with Crippen LogP contribution < -0.4 is 0 Å². The molecule has 66 valence electrons. The molecule has 0 amide bonds. The van der Waals surface area contributed by atoms with Gasteiger partial charge in [-0.25, -0.2) is 4.98 Å². The highest BCUT2D eigenvalue weighted by molar-refractivity contribution is 7.71. The van der Waals surface area contributed by atoms with Crippen LogP contribution in [0.5, 0.6) is 0 Å². The fourth-order valence-corrected chi connectivity index (χ4v) is 1.41. The van der Waals surface area contributed by atoms with E-state index in [1.54, 1.807) is 6.33 Å². The number of epoxide rings is 1.